The van der Waals surface area contributed by atoms with Gasteiger partial charge in [0.05, 0.1) is 13.2 Å². The number of hydrogen-bond donors (Lipinski definition) is 1. The predicted octanol–water partition coefficient (Wildman–Crippen LogP) is 2.94. The van der Waals surface area contributed by atoms with Crippen LogP contribution in [0.1, 0.15) is 59.2 Å². The maximum atomic E-state index is 10.3. The van der Waals surface area contributed by atoms with Gasteiger partial charge in [-0.1, -0.05) is 25.0 Å². The van der Waals surface area contributed by atoms with E-state index in [0.717, 1.165) is 51.6 Å². The minimum absolute atomic E-state index is 0.0303. The van der Waals surface area contributed by atoms with Crippen molar-refractivity contribution in [2.75, 3.05) is 39.3 Å². The third-order valence-electron chi connectivity index (χ3n) is 7.94. The summed E-state index contributed by atoms with van der Waals surface area (Å²) in [6.07, 6.45) is 6.78. The molecular formula is C23H39N5O. The second kappa shape index (κ2) is 8.12. The van der Waals surface area contributed by atoms with E-state index in [1.807, 2.05) is 4.68 Å². The lowest BCUT2D eigenvalue weighted by atomic mass is 9.71. The van der Waals surface area contributed by atoms with Crippen molar-refractivity contribution in [2.45, 2.75) is 66.5 Å². The van der Waals surface area contributed by atoms with Gasteiger partial charge in [-0.15, -0.1) is 0 Å². The minimum Gasteiger partial charge on any atom is -0.396 e. The molecule has 0 aromatic carbocycles. The molecular weight excluding hydrogens is 362 g/mol. The smallest absolute Gasteiger partial charge is 0.140 e. The summed E-state index contributed by atoms with van der Waals surface area (Å²) in [5.41, 5.74) is 3.71. The first-order valence-electron chi connectivity index (χ1n) is 11.5. The van der Waals surface area contributed by atoms with Crippen LogP contribution in [0.2, 0.25) is 0 Å². The van der Waals surface area contributed by atoms with Crippen LogP contribution in [0.4, 0.5) is 0 Å². The fourth-order valence-corrected chi connectivity index (χ4v) is 6.29. The van der Waals surface area contributed by atoms with E-state index in [-0.39, 0.29) is 5.41 Å². The lowest BCUT2D eigenvalue weighted by Gasteiger charge is -2.36. The zero-order chi connectivity index (χ0) is 20.6. The fraction of sp³-hybridized carbons (Fsp3) is 0.826. The van der Waals surface area contributed by atoms with Crippen molar-refractivity contribution in [1.82, 2.24) is 24.6 Å². The number of nitrogens with zero attached hydrogens (tertiary/aromatic N) is 5. The van der Waals surface area contributed by atoms with Gasteiger partial charge in [0.25, 0.3) is 0 Å². The van der Waals surface area contributed by atoms with Gasteiger partial charge in [-0.25, -0.2) is 9.67 Å². The van der Waals surface area contributed by atoms with Crippen LogP contribution in [-0.2, 0) is 13.1 Å². The Bertz CT molecular complexity index is 754. The molecule has 0 bridgehead atoms. The molecule has 2 unspecified atom stereocenters. The Kier molecular flexibility index (Phi) is 5.88. The quantitative estimate of drug-likeness (QED) is 0.712. The molecule has 2 fully saturated rings. The summed E-state index contributed by atoms with van der Waals surface area (Å²) in [5.74, 6) is 1.60. The first-order valence-corrected chi connectivity index (χ1v) is 11.5. The molecule has 2 atom stereocenters. The highest BCUT2D eigenvalue weighted by molar-refractivity contribution is 5.22. The summed E-state index contributed by atoms with van der Waals surface area (Å²) in [7, 11) is 0. The van der Waals surface area contributed by atoms with E-state index in [0.29, 0.717) is 17.9 Å². The third kappa shape index (κ3) is 4.04. The van der Waals surface area contributed by atoms with Crippen molar-refractivity contribution in [3.05, 3.63) is 23.3 Å². The molecule has 0 amide bonds. The molecule has 1 aliphatic carbocycles. The topological polar surface area (TPSA) is 57.4 Å². The van der Waals surface area contributed by atoms with Crippen molar-refractivity contribution in [3.8, 4) is 0 Å². The van der Waals surface area contributed by atoms with Crippen molar-refractivity contribution < 1.29 is 5.11 Å². The normalized spacial score (nSPS) is 30.3. The highest BCUT2D eigenvalue weighted by Gasteiger charge is 2.52. The van der Waals surface area contributed by atoms with Gasteiger partial charge >= 0.3 is 0 Å². The van der Waals surface area contributed by atoms with Gasteiger partial charge in [-0.3, -0.25) is 4.90 Å². The number of rotatable bonds is 7. The number of hydrogen-bond acceptors (Lipinski definition) is 5. The van der Waals surface area contributed by atoms with Gasteiger partial charge in [0.15, 0.2) is 0 Å². The molecule has 1 aromatic heterocycles. The average Bonchev–Trinajstić information content (AvgIpc) is 3.33. The predicted molar refractivity (Wildman–Crippen MR) is 115 cm³/mol. The molecule has 3 aliphatic rings. The van der Waals surface area contributed by atoms with E-state index >= 15 is 0 Å². The van der Waals surface area contributed by atoms with Crippen molar-refractivity contribution in [2.24, 2.45) is 16.7 Å². The minimum atomic E-state index is 0.0303. The number of allylic oxidation sites excluding steroid dienone is 1. The molecule has 0 saturated carbocycles. The summed E-state index contributed by atoms with van der Waals surface area (Å²) in [6.45, 7) is 16.6. The first kappa shape index (κ1) is 21.0. The van der Waals surface area contributed by atoms with Crippen LogP contribution in [0.25, 0.3) is 0 Å². The zero-order valence-corrected chi connectivity index (χ0v) is 18.8. The molecule has 0 radical (unpaired) electrons. The van der Waals surface area contributed by atoms with Crippen LogP contribution in [-0.4, -0.2) is 69.0 Å². The molecule has 6 nitrogen and oxygen atoms in total. The molecule has 162 valence electrons. The monoisotopic (exact) mass is 401 g/mol. The summed E-state index contributed by atoms with van der Waals surface area (Å²) in [5, 5.41) is 14.6. The van der Waals surface area contributed by atoms with E-state index in [4.69, 9.17) is 0 Å². The molecule has 2 aliphatic heterocycles. The van der Waals surface area contributed by atoms with Gasteiger partial charge < -0.3 is 10.0 Å². The number of aryl methyl sites for hydroxylation is 1. The Morgan fingerprint density at radius 1 is 1.21 bits per heavy atom. The van der Waals surface area contributed by atoms with E-state index in [9.17, 15) is 5.11 Å². The van der Waals surface area contributed by atoms with Gasteiger partial charge in [0.1, 0.15) is 12.2 Å². The maximum Gasteiger partial charge on any atom is 0.140 e. The van der Waals surface area contributed by atoms with Crippen LogP contribution in [0, 0.1) is 16.7 Å². The van der Waals surface area contributed by atoms with E-state index in [1.165, 1.54) is 25.7 Å². The summed E-state index contributed by atoms with van der Waals surface area (Å²) >= 11 is 0. The highest BCUT2D eigenvalue weighted by atomic mass is 16.3. The molecule has 6 heteroatoms. The van der Waals surface area contributed by atoms with Crippen LogP contribution in [0.3, 0.4) is 0 Å². The highest BCUT2D eigenvalue weighted by Crippen LogP contribution is 2.45. The third-order valence-corrected chi connectivity index (χ3v) is 7.94. The largest absolute Gasteiger partial charge is 0.396 e. The van der Waals surface area contributed by atoms with E-state index in [2.05, 4.69) is 47.6 Å². The fourth-order valence-electron chi connectivity index (χ4n) is 6.29. The van der Waals surface area contributed by atoms with Gasteiger partial charge in [0, 0.05) is 44.7 Å². The van der Waals surface area contributed by atoms with E-state index < -0.39 is 0 Å². The second-order valence-electron chi connectivity index (χ2n) is 10.4. The summed E-state index contributed by atoms with van der Waals surface area (Å²) in [6, 6.07) is 0. The van der Waals surface area contributed by atoms with Crippen LogP contribution in [0.5, 0.6) is 0 Å². The molecule has 1 aromatic rings. The van der Waals surface area contributed by atoms with Crippen molar-refractivity contribution in [1.29, 1.82) is 0 Å². The average molecular weight is 402 g/mol. The molecule has 1 N–H and O–H groups in total. The Balaban J connectivity index is 1.36. The SMILES string of the molecule is CCn1ncnc1CN1CC2CN(CCC3=C(C)CCCC3(C)C)CC2(CO)C1. The Morgan fingerprint density at radius 3 is 2.66 bits per heavy atom. The molecule has 3 heterocycles. The van der Waals surface area contributed by atoms with Crippen LogP contribution < -0.4 is 0 Å². The van der Waals surface area contributed by atoms with Gasteiger partial charge in [-0.2, -0.15) is 5.10 Å². The lowest BCUT2D eigenvalue weighted by molar-refractivity contribution is 0.111. The first-order chi connectivity index (χ1) is 13.9. The standard InChI is InChI=1S/C23H39N5O/c1-5-28-21(24-17-25-28)13-27-12-19-11-26(14-23(19,15-27)16-29)10-8-20-18(2)7-6-9-22(20,3)4/h17,19,29H,5-16H2,1-4H3. The van der Waals surface area contributed by atoms with Crippen LogP contribution in [0.15, 0.2) is 17.5 Å². The summed E-state index contributed by atoms with van der Waals surface area (Å²) < 4.78 is 1.98. The van der Waals surface area contributed by atoms with Crippen molar-refractivity contribution in [3.63, 3.8) is 0 Å². The maximum absolute atomic E-state index is 10.3. The molecule has 29 heavy (non-hydrogen) atoms. The summed E-state index contributed by atoms with van der Waals surface area (Å²) in [4.78, 5) is 9.54. The Hall–Kier alpha value is -1.24. The van der Waals surface area contributed by atoms with E-state index in [1.54, 1.807) is 17.5 Å². The number of fused-ring (bicyclic) bond motifs is 1. The number of aromatic nitrogens is 3. The Labute approximate surface area is 176 Å². The van der Waals surface area contributed by atoms with Gasteiger partial charge in [0.2, 0.25) is 0 Å². The second-order valence-corrected chi connectivity index (χ2v) is 10.4. The zero-order valence-electron chi connectivity index (χ0n) is 18.8. The Morgan fingerprint density at radius 2 is 1.97 bits per heavy atom. The number of likely N-dealkylation sites (tertiary alicyclic amines) is 2. The number of aliphatic hydroxyl groups is 1. The van der Waals surface area contributed by atoms with Gasteiger partial charge in [-0.05, 0) is 50.9 Å². The lowest BCUT2D eigenvalue weighted by Crippen LogP contribution is -2.37. The van der Waals surface area contributed by atoms with Crippen LogP contribution >= 0.6 is 0 Å². The van der Waals surface area contributed by atoms with Crippen molar-refractivity contribution >= 4 is 0 Å². The molecule has 0 spiro atoms. The molecule has 4 rings (SSSR count). The number of aliphatic hydroxyl groups excluding tert-OH is 1. The molecule has 2 saturated heterocycles.